The van der Waals surface area contributed by atoms with Gasteiger partial charge in [0.05, 0.1) is 17.5 Å². The van der Waals surface area contributed by atoms with E-state index in [1.54, 1.807) is 12.1 Å². The first kappa shape index (κ1) is 21.9. The lowest BCUT2D eigenvalue weighted by atomic mass is 9.86. The molecule has 0 aromatic heterocycles. The van der Waals surface area contributed by atoms with E-state index in [1.165, 1.54) is 5.56 Å². The first-order chi connectivity index (χ1) is 13.9. The van der Waals surface area contributed by atoms with E-state index in [0.29, 0.717) is 17.8 Å². The summed E-state index contributed by atoms with van der Waals surface area (Å²) >= 11 is 0. The van der Waals surface area contributed by atoms with Gasteiger partial charge in [-0.15, -0.1) is 0 Å². The van der Waals surface area contributed by atoms with Gasteiger partial charge in [0, 0.05) is 12.1 Å². The van der Waals surface area contributed by atoms with Gasteiger partial charge in [-0.3, -0.25) is 9.52 Å². The quantitative estimate of drug-likeness (QED) is 0.760. The summed E-state index contributed by atoms with van der Waals surface area (Å²) in [6.45, 7) is 8.83. The number of hydrogen-bond acceptors (Lipinski definition) is 4. The molecule has 30 heavy (non-hydrogen) atoms. The largest absolute Gasteiger partial charge is 0.488 e. The van der Waals surface area contributed by atoms with Crippen molar-refractivity contribution in [3.63, 3.8) is 0 Å². The summed E-state index contributed by atoms with van der Waals surface area (Å²) in [5.41, 5.74) is 4.88. The Morgan fingerprint density at radius 1 is 1.13 bits per heavy atom. The van der Waals surface area contributed by atoms with Crippen molar-refractivity contribution in [2.45, 2.75) is 39.7 Å². The third-order valence-electron chi connectivity index (χ3n) is 4.92. The standard InChI is InChI=1S/C23H28N2O4S/c1-15-10-16(6-9-20(15)25-30(5,27)28)13-24-22(26)18-11-17-7-8-19(23(2,3)4)12-21(17)29-14-18/h6-12,25H,13-14H2,1-5H3,(H,24,26). The maximum atomic E-state index is 12.6. The predicted octanol–water partition coefficient (Wildman–Crippen LogP) is 3.76. The minimum absolute atomic E-state index is 0.0320. The van der Waals surface area contributed by atoms with Crippen molar-refractivity contribution in [1.82, 2.24) is 5.32 Å². The normalized spacial score (nSPS) is 13.7. The Morgan fingerprint density at radius 2 is 1.87 bits per heavy atom. The molecule has 7 heteroatoms. The summed E-state index contributed by atoms with van der Waals surface area (Å²) in [5, 5.41) is 2.90. The molecule has 0 spiro atoms. The lowest BCUT2D eigenvalue weighted by Gasteiger charge is -2.23. The van der Waals surface area contributed by atoms with Gasteiger partial charge < -0.3 is 10.1 Å². The summed E-state index contributed by atoms with van der Waals surface area (Å²) in [5.74, 6) is 0.611. The molecule has 0 saturated carbocycles. The van der Waals surface area contributed by atoms with E-state index in [4.69, 9.17) is 4.74 Å². The van der Waals surface area contributed by atoms with Crippen molar-refractivity contribution in [2.24, 2.45) is 0 Å². The summed E-state index contributed by atoms with van der Waals surface area (Å²) in [6, 6.07) is 11.4. The Balaban J connectivity index is 1.67. The molecule has 0 bridgehead atoms. The maximum absolute atomic E-state index is 12.6. The molecule has 0 atom stereocenters. The Morgan fingerprint density at radius 3 is 2.50 bits per heavy atom. The van der Waals surface area contributed by atoms with Gasteiger partial charge in [0.1, 0.15) is 12.4 Å². The number of carbonyl (C=O) groups is 1. The molecule has 1 aliphatic heterocycles. The van der Waals surface area contributed by atoms with Crippen LogP contribution in [0.2, 0.25) is 0 Å². The van der Waals surface area contributed by atoms with Crippen LogP contribution < -0.4 is 14.8 Å². The van der Waals surface area contributed by atoms with Crippen LogP contribution in [0.15, 0.2) is 42.0 Å². The summed E-state index contributed by atoms with van der Waals surface area (Å²) in [4.78, 5) is 12.6. The van der Waals surface area contributed by atoms with Crippen molar-refractivity contribution in [2.75, 3.05) is 17.6 Å². The second kappa shape index (κ2) is 8.14. The number of fused-ring (bicyclic) bond motifs is 1. The van der Waals surface area contributed by atoms with E-state index in [9.17, 15) is 13.2 Å². The number of anilines is 1. The fraction of sp³-hybridized carbons (Fsp3) is 0.348. The molecule has 0 unspecified atom stereocenters. The SMILES string of the molecule is Cc1cc(CNC(=O)C2=Cc3ccc(C(C)(C)C)cc3OC2)ccc1NS(C)(=O)=O. The zero-order chi connectivity index (χ0) is 22.1. The van der Waals surface area contributed by atoms with Crippen LogP contribution in [0.25, 0.3) is 6.08 Å². The summed E-state index contributed by atoms with van der Waals surface area (Å²) in [7, 11) is -3.33. The van der Waals surface area contributed by atoms with Crippen molar-refractivity contribution in [3.05, 3.63) is 64.2 Å². The lowest BCUT2D eigenvalue weighted by Crippen LogP contribution is -2.28. The minimum Gasteiger partial charge on any atom is -0.488 e. The average Bonchev–Trinajstić information content (AvgIpc) is 2.65. The van der Waals surface area contributed by atoms with Crippen LogP contribution in [-0.4, -0.2) is 27.2 Å². The number of rotatable bonds is 5. The van der Waals surface area contributed by atoms with Crippen LogP contribution in [0.4, 0.5) is 5.69 Å². The van der Waals surface area contributed by atoms with Crippen LogP contribution in [0.5, 0.6) is 5.75 Å². The van der Waals surface area contributed by atoms with E-state index in [1.807, 2.05) is 31.2 Å². The van der Waals surface area contributed by atoms with Crippen molar-refractivity contribution >= 4 is 27.7 Å². The second-order valence-corrected chi connectivity index (χ2v) is 10.4. The Bertz CT molecular complexity index is 1110. The zero-order valence-corrected chi connectivity index (χ0v) is 18.8. The molecule has 2 aromatic carbocycles. The molecule has 0 radical (unpaired) electrons. The number of nitrogens with one attached hydrogen (secondary N) is 2. The number of ether oxygens (including phenoxy) is 1. The van der Waals surface area contributed by atoms with E-state index >= 15 is 0 Å². The molecular weight excluding hydrogens is 400 g/mol. The minimum atomic E-state index is -3.33. The molecule has 2 N–H and O–H groups in total. The Hall–Kier alpha value is -2.80. The Kier molecular flexibility index (Phi) is 5.94. The number of aryl methyl sites for hydroxylation is 1. The molecule has 1 aliphatic rings. The van der Waals surface area contributed by atoms with Crippen LogP contribution in [0.3, 0.4) is 0 Å². The van der Waals surface area contributed by atoms with E-state index < -0.39 is 10.0 Å². The molecule has 6 nitrogen and oxygen atoms in total. The highest BCUT2D eigenvalue weighted by molar-refractivity contribution is 7.92. The van der Waals surface area contributed by atoms with Gasteiger partial charge >= 0.3 is 0 Å². The fourth-order valence-electron chi connectivity index (χ4n) is 3.21. The molecule has 2 aromatic rings. The first-order valence-corrected chi connectivity index (χ1v) is 11.6. The smallest absolute Gasteiger partial charge is 0.250 e. The van der Waals surface area contributed by atoms with E-state index in [2.05, 4.69) is 36.9 Å². The zero-order valence-electron chi connectivity index (χ0n) is 18.0. The molecule has 1 heterocycles. The third-order valence-corrected chi connectivity index (χ3v) is 5.51. The summed E-state index contributed by atoms with van der Waals surface area (Å²) < 4.78 is 31.1. The molecule has 0 saturated heterocycles. The van der Waals surface area contributed by atoms with Crippen LogP contribution >= 0.6 is 0 Å². The lowest BCUT2D eigenvalue weighted by molar-refractivity contribution is -0.117. The van der Waals surface area contributed by atoms with E-state index in [-0.39, 0.29) is 17.9 Å². The van der Waals surface area contributed by atoms with Gasteiger partial charge in [-0.05, 0) is 47.2 Å². The maximum Gasteiger partial charge on any atom is 0.250 e. The molecule has 1 amide bonds. The monoisotopic (exact) mass is 428 g/mol. The van der Waals surface area contributed by atoms with Crippen LogP contribution in [-0.2, 0) is 26.8 Å². The van der Waals surface area contributed by atoms with Gasteiger partial charge in [-0.25, -0.2) is 8.42 Å². The van der Waals surface area contributed by atoms with Gasteiger partial charge in [0.25, 0.3) is 5.91 Å². The van der Waals surface area contributed by atoms with Crippen molar-refractivity contribution in [1.29, 1.82) is 0 Å². The number of carbonyl (C=O) groups excluding carboxylic acids is 1. The highest BCUT2D eigenvalue weighted by Gasteiger charge is 2.20. The average molecular weight is 429 g/mol. The molecule has 0 aliphatic carbocycles. The number of hydrogen-bond donors (Lipinski definition) is 2. The highest BCUT2D eigenvalue weighted by atomic mass is 32.2. The van der Waals surface area contributed by atoms with Gasteiger partial charge in [-0.1, -0.05) is 45.0 Å². The molecule has 0 fully saturated rings. The van der Waals surface area contributed by atoms with Gasteiger partial charge in [0.15, 0.2) is 0 Å². The van der Waals surface area contributed by atoms with Gasteiger partial charge in [0.2, 0.25) is 10.0 Å². The predicted molar refractivity (Wildman–Crippen MR) is 120 cm³/mol. The first-order valence-electron chi connectivity index (χ1n) is 9.76. The fourth-order valence-corrected chi connectivity index (χ4v) is 3.84. The molecular formula is C23H28N2O4S. The van der Waals surface area contributed by atoms with Gasteiger partial charge in [-0.2, -0.15) is 0 Å². The van der Waals surface area contributed by atoms with Crippen molar-refractivity contribution in [3.8, 4) is 5.75 Å². The Labute approximate surface area is 178 Å². The van der Waals surface area contributed by atoms with Crippen LogP contribution in [0, 0.1) is 6.92 Å². The topological polar surface area (TPSA) is 84.5 Å². The second-order valence-electron chi connectivity index (χ2n) is 8.67. The number of amides is 1. The highest BCUT2D eigenvalue weighted by Crippen LogP contribution is 2.32. The number of sulfonamides is 1. The van der Waals surface area contributed by atoms with E-state index in [0.717, 1.165) is 28.7 Å². The molecule has 3 rings (SSSR count). The summed E-state index contributed by atoms with van der Waals surface area (Å²) in [6.07, 6.45) is 2.98. The third kappa shape index (κ3) is 5.42. The molecule has 160 valence electrons. The van der Waals surface area contributed by atoms with Crippen LogP contribution in [0.1, 0.15) is 43.0 Å². The number of benzene rings is 2. The van der Waals surface area contributed by atoms with Crippen molar-refractivity contribution < 1.29 is 17.9 Å².